The number of hydrogen-bond donors (Lipinski definition) is 2. The lowest BCUT2D eigenvalue weighted by atomic mass is 10.1. The van der Waals surface area contributed by atoms with Crippen LogP contribution in [0, 0.1) is 5.92 Å². The number of rotatable bonds is 5. The molecule has 2 aliphatic heterocycles. The molecule has 0 radical (unpaired) electrons. The van der Waals surface area contributed by atoms with Gasteiger partial charge in [-0.2, -0.15) is 0 Å². The molecule has 6 nitrogen and oxygen atoms in total. The van der Waals surface area contributed by atoms with Gasteiger partial charge in [0.15, 0.2) is 5.69 Å². The van der Waals surface area contributed by atoms with Crippen molar-refractivity contribution in [1.29, 1.82) is 0 Å². The highest BCUT2D eigenvalue weighted by molar-refractivity contribution is 7.97. The van der Waals surface area contributed by atoms with Crippen LogP contribution in [-0.4, -0.2) is 52.8 Å². The predicted molar refractivity (Wildman–Crippen MR) is 94.0 cm³/mol. The number of carbonyl (C=O) groups excluding carboxylic acids is 1. The highest BCUT2D eigenvalue weighted by Crippen LogP contribution is 2.40. The van der Waals surface area contributed by atoms with E-state index in [9.17, 15) is 4.79 Å². The fourth-order valence-corrected chi connectivity index (χ4v) is 4.94. The van der Waals surface area contributed by atoms with Gasteiger partial charge in [-0.1, -0.05) is 24.0 Å². The molecule has 2 saturated heterocycles. The molecule has 1 aromatic rings. The second-order valence-electron chi connectivity index (χ2n) is 7.35. The van der Waals surface area contributed by atoms with Crippen molar-refractivity contribution in [2.24, 2.45) is 5.92 Å². The molecule has 2 unspecified atom stereocenters. The minimum Gasteiger partial charge on any atom is -0.360 e. The van der Waals surface area contributed by atoms with E-state index in [4.69, 9.17) is 4.52 Å². The Hall–Kier alpha value is -1.05. The van der Waals surface area contributed by atoms with Gasteiger partial charge in [-0.3, -0.25) is 4.79 Å². The molecule has 3 aliphatic rings. The molecular formula is C17H26N4O2S. The SMILES string of the molecule is CC1CN(SC2CCNCC2)CC1NC(=O)c1cc(C2CC2)on1. The molecule has 1 aromatic heterocycles. The van der Waals surface area contributed by atoms with E-state index < -0.39 is 0 Å². The normalized spacial score (nSPS) is 29.0. The van der Waals surface area contributed by atoms with Crippen molar-refractivity contribution in [2.75, 3.05) is 26.2 Å². The molecule has 0 bridgehead atoms. The Morgan fingerprint density at radius 3 is 2.88 bits per heavy atom. The molecule has 2 N–H and O–H groups in total. The summed E-state index contributed by atoms with van der Waals surface area (Å²) in [5, 5.41) is 11.2. The van der Waals surface area contributed by atoms with E-state index in [1.807, 2.05) is 18.0 Å². The summed E-state index contributed by atoms with van der Waals surface area (Å²) in [6, 6.07) is 2.00. The second-order valence-corrected chi connectivity index (χ2v) is 8.74. The Kier molecular flexibility index (Phi) is 4.83. The van der Waals surface area contributed by atoms with Crippen LogP contribution in [0.4, 0.5) is 0 Å². The second kappa shape index (κ2) is 7.06. The first-order valence-corrected chi connectivity index (χ1v) is 9.92. The average molecular weight is 350 g/mol. The van der Waals surface area contributed by atoms with Gasteiger partial charge < -0.3 is 15.2 Å². The first-order chi connectivity index (χ1) is 11.7. The zero-order chi connectivity index (χ0) is 16.5. The van der Waals surface area contributed by atoms with Crippen molar-refractivity contribution < 1.29 is 9.32 Å². The Morgan fingerprint density at radius 1 is 1.33 bits per heavy atom. The lowest BCUT2D eigenvalue weighted by molar-refractivity contribution is 0.0923. The van der Waals surface area contributed by atoms with E-state index >= 15 is 0 Å². The van der Waals surface area contributed by atoms with Crippen LogP contribution >= 0.6 is 11.9 Å². The van der Waals surface area contributed by atoms with Crippen LogP contribution in [0.1, 0.15) is 54.8 Å². The van der Waals surface area contributed by atoms with Gasteiger partial charge in [0.05, 0.1) is 0 Å². The van der Waals surface area contributed by atoms with Crippen molar-refractivity contribution in [3.63, 3.8) is 0 Å². The number of nitrogens with zero attached hydrogens (tertiary/aromatic N) is 2. The third-order valence-corrected chi connectivity index (χ3v) is 6.59. The molecular weight excluding hydrogens is 324 g/mol. The zero-order valence-corrected chi connectivity index (χ0v) is 15.0. The van der Waals surface area contributed by atoms with Crippen LogP contribution in [0.25, 0.3) is 0 Å². The minimum atomic E-state index is -0.101. The number of carbonyl (C=O) groups is 1. The van der Waals surface area contributed by atoms with Crippen molar-refractivity contribution >= 4 is 17.9 Å². The molecule has 24 heavy (non-hydrogen) atoms. The Labute approximate surface area is 147 Å². The van der Waals surface area contributed by atoms with Gasteiger partial charge >= 0.3 is 0 Å². The summed E-state index contributed by atoms with van der Waals surface area (Å²) in [4.78, 5) is 12.4. The fourth-order valence-electron chi connectivity index (χ4n) is 3.51. The van der Waals surface area contributed by atoms with E-state index in [0.717, 1.165) is 44.8 Å². The quantitative estimate of drug-likeness (QED) is 0.792. The topological polar surface area (TPSA) is 70.4 Å². The minimum absolute atomic E-state index is 0.101. The Bertz CT molecular complexity index is 583. The Morgan fingerprint density at radius 2 is 2.12 bits per heavy atom. The smallest absolute Gasteiger partial charge is 0.273 e. The summed E-state index contributed by atoms with van der Waals surface area (Å²) in [5.74, 6) is 1.71. The monoisotopic (exact) mass is 350 g/mol. The summed E-state index contributed by atoms with van der Waals surface area (Å²) in [5.41, 5.74) is 0.425. The fraction of sp³-hybridized carbons (Fsp3) is 0.765. The van der Waals surface area contributed by atoms with Crippen molar-refractivity contribution in [3.8, 4) is 0 Å². The lowest BCUT2D eigenvalue weighted by Gasteiger charge is -2.26. The first kappa shape index (κ1) is 16.4. The maximum Gasteiger partial charge on any atom is 0.273 e. The summed E-state index contributed by atoms with van der Waals surface area (Å²) < 4.78 is 7.73. The molecule has 132 valence electrons. The van der Waals surface area contributed by atoms with E-state index in [-0.39, 0.29) is 11.9 Å². The number of nitrogens with one attached hydrogen (secondary N) is 2. The van der Waals surface area contributed by atoms with Gasteiger partial charge in [0.25, 0.3) is 5.91 Å². The first-order valence-electron chi connectivity index (χ1n) is 9.09. The highest BCUT2D eigenvalue weighted by atomic mass is 32.2. The van der Waals surface area contributed by atoms with Crippen LogP contribution < -0.4 is 10.6 Å². The van der Waals surface area contributed by atoms with Gasteiger partial charge in [0.2, 0.25) is 0 Å². The van der Waals surface area contributed by atoms with Crippen LogP contribution in [0.15, 0.2) is 10.6 Å². The van der Waals surface area contributed by atoms with Crippen LogP contribution in [0.5, 0.6) is 0 Å². The van der Waals surface area contributed by atoms with Crippen molar-refractivity contribution in [1.82, 2.24) is 20.1 Å². The summed E-state index contributed by atoms with van der Waals surface area (Å²) >= 11 is 1.98. The van der Waals surface area contributed by atoms with Crippen molar-refractivity contribution in [3.05, 3.63) is 17.5 Å². The summed E-state index contributed by atoms with van der Waals surface area (Å²) in [6.45, 7) is 6.40. The molecule has 1 saturated carbocycles. The van der Waals surface area contributed by atoms with E-state index in [2.05, 4.69) is 27.0 Å². The van der Waals surface area contributed by atoms with Gasteiger partial charge in [-0.05, 0) is 44.7 Å². The zero-order valence-electron chi connectivity index (χ0n) is 14.2. The molecule has 1 amide bonds. The lowest BCUT2D eigenvalue weighted by Crippen LogP contribution is -2.39. The molecule has 7 heteroatoms. The van der Waals surface area contributed by atoms with E-state index in [1.54, 1.807) is 0 Å². The third-order valence-electron chi connectivity index (χ3n) is 5.22. The van der Waals surface area contributed by atoms with Crippen molar-refractivity contribution in [2.45, 2.75) is 49.8 Å². The van der Waals surface area contributed by atoms with Crippen LogP contribution in [0.3, 0.4) is 0 Å². The van der Waals surface area contributed by atoms with Gasteiger partial charge in [0, 0.05) is 36.4 Å². The maximum atomic E-state index is 12.4. The predicted octanol–water partition coefficient (Wildman–Crippen LogP) is 2.00. The van der Waals surface area contributed by atoms with E-state index in [0.29, 0.717) is 22.8 Å². The highest BCUT2D eigenvalue weighted by Gasteiger charge is 2.34. The molecule has 0 spiro atoms. The number of amides is 1. The molecule has 3 heterocycles. The molecule has 4 rings (SSSR count). The summed E-state index contributed by atoms with van der Waals surface area (Å²) in [6.07, 6.45) is 4.77. The number of piperidine rings is 1. The third kappa shape index (κ3) is 3.78. The van der Waals surface area contributed by atoms with Crippen LogP contribution in [0.2, 0.25) is 0 Å². The molecule has 1 aliphatic carbocycles. The van der Waals surface area contributed by atoms with Gasteiger partial charge in [-0.15, -0.1) is 0 Å². The van der Waals surface area contributed by atoms with Crippen LogP contribution in [-0.2, 0) is 0 Å². The van der Waals surface area contributed by atoms with E-state index in [1.165, 1.54) is 12.8 Å². The largest absolute Gasteiger partial charge is 0.360 e. The molecule has 0 aromatic carbocycles. The van der Waals surface area contributed by atoms with Gasteiger partial charge in [0.1, 0.15) is 5.76 Å². The van der Waals surface area contributed by atoms with Gasteiger partial charge in [-0.25, -0.2) is 4.31 Å². The molecule has 3 fully saturated rings. The average Bonchev–Trinajstić information content (AvgIpc) is 3.21. The summed E-state index contributed by atoms with van der Waals surface area (Å²) in [7, 11) is 0. The Balaban J connectivity index is 1.29. The number of aromatic nitrogens is 1. The number of hydrogen-bond acceptors (Lipinski definition) is 6. The standard InChI is InChI=1S/C17H26N4O2S/c1-11-9-21(24-13-4-6-18-7-5-13)10-15(11)19-17(22)14-8-16(23-20-14)12-2-3-12/h8,11-13,15,18H,2-7,9-10H2,1H3,(H,19,22). The maximum absolute atomic E-state index is 12.4. The molecule has 2 atom stereocenters.